The lowest BCUT2D eigenvalue weighted by atomic mass is 10.0. The van der Waals surface area contributed by atoms with Crippen molar-refractivity contribution in [1.82, 2.24) is 0 Å². The van der Waals surface area contributed by atoms with Crippen molar-refractivity contribution < 1.29 is 5.11 Å². The molecule has 1 nitrogen and oxygen atoms in total. The molecular formula is C14H16O. The Labute approximate surface area is 90.8 Å². The number of benzene rings is 1. The van der Waals surface area contributed by atoms with E-state index in [-0.39, 0.29) is 6.61 Å². The zero-order valence-electron chi connectivity index (χ0n) is 9.03. The molecule has 0 bridgehead atoms. The molecule has 0 aliphatic heterocycles. The van der Waals surface area contributed by atoms with E-state index in [0.29, 0.717) is 0 Å². The summed E-state index contributed by atoms with van der Waals surface area (Å²) in [5.41, 5.74) is 5.22. The molecule has 1 aliphatic carbocycles. The summed E-state index contributed by atoms with van der Waals surface area (Å²) in [5, 5.41) is 8.93. The fraction of sp³-hybridized carbons (Fsp3) is 0.286. The lowest BCUT2D eigenvalue weighted by Gasteiger charge is -2.04. The molecule has 1 N–H and O–H groups in total. The van der Waals surface area contributed by atoms with E-state index in [1.165, 1.54) is 16.7 Å². The van der Waals surface area contributed by atoms with Crippen molar-refractivity contribution >= 4 is 0 Å². The summed E-state index contributed by atoms with van der Waals surface area (Å²) in [5.74, 6) is 0. The number of aliphatic hydroxyl groups is 1. The maximum Gasteiger partial charge on any atom is 0.0681 e. The number of allylic oxidation sites excluding steroid dienone is 4. The zero-order chi connectivity index (χ0) is 10.7. The van der Waals surface area contributed by atoms with Crippen LogP contribution in [0, 0.1) is 0 Å². The van der Waals surface area contributed by atoms with Gasteiger partial charge in [0.25, 0.3) is 0 Å². The summed E-state index contributed by atoms with van der Waals surface area (Å²) >= 11 is 0. The third-order valence-electron chi connectivity index (χ3n) is 2.75. The highest BCUT2D eigenvalue weighted by molar-refractivity contribution is 5.34. The number of hydrogen-bond acceptors (Lipinski definition) is 1. The van der Waals surface area contributed by atoms with E-state index in [2.05, 4.69) is 31.2 Å². The van der Waals surface area contributed by atoms with Crippen molar-refractivity contribution in [3.05, 3.63) is 58.7 Å². The second-order valence-corrected chi connectivity index (χ2v) is 4.17. The van der Waals surface area contributed by atoms with Crippen molar-refractivity contribution in [2.75, 3.05) is 0 Å². The number of hydrogen-bond donors (Lipinski definition) is 1. The van der Waals surface area contributed by atoms with Gasteiger partial charge in [0.05, 0.1) is 6.61 Å². The van der Waals surface area contributed by atoms with Crippen LogP contribution in [-0.2, 0) is 13.0 Å². The molecule has 0 unspecified atom stereocenters. The molecule has 2 rings (SSSR count). The molecule has 0 spiro atoms. The molecule has 0 heterocycles. The standard InChI is InChI=1S/C14H16O/c1-11-2-3-14(8-11)9-12-4-6-13(10-15)7-5-12/h2-7,15H,8-10H2,1H3. The largest absolute Gasteiger partial charge is 0.392 e. The van der Waals surface area contributed by atoms with Crippen molar-refractivity contribution in [2.24, 2.45) is 0 Å². The zero-order valence-corrected chi connectivity index (χ0v) is 9.03. The topological polar surface area (TPSA) is 20.2 Å². The normalized spacial score (nSPS) is 15.1. The Hall–Kier alpha value is -1.34. The second-order valence-electron chi connectivity index (χ2n) is 4.17. The second kappa shape index (κ2) is 4.45. The van der Waals surface area contributed by atoms with E-state index in [0.717, 1.165) is 18.4 Å². The first-order valence-corrected chi connectivity index (χ1v) is 5.32. The van der Waals surface area contributed by atoms with Gasteiger partial charge in [0.2, 0.25) is 0 Å². The molecule has 0 fully saturated rings. The first kappa shape index (κ1) is 10.2. The van der Waals surface area contributed by atoms with E-state index < -0.39 is 0 Å². The average Bonchev–Trinajstić information content (AvgIpc) is 2.65. The van der Waals surface area contributed by atoms with Crippen LogP contribution in [0.2, 0.25) is 0 Å². The predicted molar refractivity (Wildman–Crippen MR) is 62.5 cm³/mol. The molecule has 1 heteroatoms. The highest BCUT2D eigenvalue weighted by atomic mass is 16.3. The number of rotatable bonds is 3. The summed E-state index contributed by atoms with van der Waals surface area (Å²) in [7, 11) is 0. The Morgan fingerprint density at radius 1 is 1.07 bits per heavy atom. The van der Waals surface area contributed by atoms with E-state index in [1.54, 1.807) is 0 Å². The van der Waals surface area contributed by atoms with Gasteiger partial charge in [-0.25, -0.2) is 0 Å². The van der Waals surface area contributed by atoms with Crippen molar-refractivity contribution in [3.8, 4) is 0 Å². The van der Waals surface area contributed by atoms with Crippen molar-refractivity contribution in [3.63, 3.8) is 0 Å². The Morgan fingerprint density at radius 3 is 2.27 bits per heavy atom. The fourth-order valence-electron chi connectivity index (χ4n) is 1.88. The molecule has 0 radical (unpaired) electrons. The van der Waals surface area contributed by atoms with Gasteiger partial charge in [-0.2, -0.15) is 0 Å². The fourth-order valence-corrected chi connectivity index (χ4v) is 1.88. The monoisotopic (exact) mass is 200 g/mol. The van der Waals surface area contributed by atoms with Crippen molar-refractivity contribution in [2.45, 2.75) is 26.4 Å². The van der Waals surface area contributed by atoms with Crippen molar-refractivity contribution in [1.29, 1.82) is 0 Å². The average molecular weight is 200 g/mol. The Morgan fingerprint density at radius 2 is 1.73 bits per heavy atom. The van der Waals surface area contributed by atoms with Gasteiger partial charge < -0.3 is 5.11 Å². The first-order chi connectivity index (χ1) is 7.28. The minimum atomic E-state index is 0.129. The lowest BCUT2D eigenvalue weighted by molar-refractivity contribution is 0.282. The third kappa shape index (κ3) is 2.57. The molecule has 78 valence electrons. The highest BCUT2D eigenvalue weighted by Gasteiger charge is 2.05. The minimum Gasteiger partial charge on any atom is -0.392 e. The van der Waals surface area contributed by atoms with Crippen LogP contribution in [0.15, 0.2) is 47.6 Å². The summed E-state index contributed by atoms with van der Waals surface area (Å²) in [6.45, 7) is 2.29. The molecule has 0 atom stereocenters. The minimum absolute atomic E-state index is 0.129. The van der Waals surface area contributed by atoms with Crippen LogP contribution in [0.5, 0.6) is 0 Å². The molecule has 0 saturated carbocycles. The van der Waals surface area contributed by atoms with Gasteiger partial charge in [-0.3, -0.25) is 0 Å². The molecule has 1 aromatic carbocycles. The van der Waals surface area contributed by atoms with Crippen LogP contribution in [0.25, 0.3) is 0 Å². The molecule has 1 aliphatic rings. The molecule has 0 aromatic heterocycles. The summed E-state index contributed by atoms with van der Waals surface area (Å²) in [6, 6.07) is 8.18. The SMILES string of the molecule is CC1=CC=C(Cc2ccc(CO)cc2)C1. The van der Waals surface area contributed by atoms with Crippen LogP contribution in [0.1, 0.15) is 24.5 Å². The van der Waals surface area contributed by atoms with E-state index in [1.807, 2.05) is 12.1 Å². The number of aliphatic hydroxyl groups excluding tert-OH is 1. The van der Waals surface area contributed by atoms with Gasteiger partial charge in [-0.1, -0.05) is 47.6 Å². The first-order valence-electron chi connectivity index (χ1n) is 5.32. The molecule has 0 saturated heterocycles. The van der Waals surface area contributed by atoms with E-state index in [9.17, 15) is 0 Å². The van der Waals surface area contributed by atoms with Gasteiger partial charge in [-0.05, 0) is 30.9 Å². The van der Waals surface area contributed by atoms with Crippen LogP contribution < -0.4 is 0 Å². The summed E-state index contributed by atoms with van der Waals surface area (Å²) < 4.78 is 0. The quantitative estimate of drug-likeness (QED) is 0.795. The Balaban J connectivity index is 2.00. The van der Waals surface area contributed by atoms with Gasteiger partial charge >= 0.3 is 0 Å². The van der Waals surface area contributed by atoms with E-state index >= 15 is 0 Å². The molecule has 1 aromatic rings. The smallest absolute Gasteiger partial charge is 0.0681 e. The highest BCUT2D eigenvalue weighted by Crippen LogP contribution is 2.22. The van der Waals surface area contributed by atoms with Gasteiger partial charge in [0.15, 0.2) is 0 Å². The Kier molecular flexibility index (Phi) is 3.02. The summed E-state index contributed by atoms with van der Waals surface area (Å²) in [6.07, 6.45) is 6.55. The van der Waals surface area contributed by atoms with E-state index in [4.69, 9.17) is 5.11 Å². The maximum absolute atomic E-state index is 8.93. The molecule has 15 heavy (non-hydrogen) atoms. The predicted octanol–water partition coefficient (Wildman–Crippen LogP) is 3.00. The maximum atomic E-state index is 8.93. The molecular weight excluding hydrogens is 184 g/mol. The lowest BCUT2D eigenvalue weighted by Crippen LogP contribution is -1.90. The van der Waals surface area contributed by atoms with Gasteiger partial charge in [0, 0.05) is 0 Å². The van der Waals surface area contributed by atoms with Crippen LogP contribution in [-0.4, -0.2) is 5.11 Å². The van der Waals surface area contributed by atoms with Crippen LogP contribution in [0.4, 0.5) is 0 Å². The van der Waals surface area contributed by atoms with Gasteiger partial charge in [-0.15, -0.1) is 0 Å². The van der Waals surface area contributed by atoms with Gasteiger partial charge in [0.1, 0.15) is 0 Å². The Bertz CT molecular complexity index is 396. The van der Waals surface area contributed by atoms with Crippen LogP contribution in [0.3, 0.4) is 0 Å². The van der Waals surface area contributed by atoms with Crippen LogP contribution >= 0.6 is 0 Å². The summed E-state index contributed by atoms with van der Waals surface area (Å²) in [4.78, 5) is 0. The third-order valence-corrected chi connectivity index (χ3v) is 2.75. The molecule has 0 amide bonds.